The van der Waals surface area contributed by atoms with Crippen LogP contribution in [0.4, 0.5) is 0 Å². The van der Waals surface area contributed by atoms with Crippen LogP contribution in [-0.4, -0.2) is 48.6 Å². The van der Waals surface area contributed by atoms with Crippen molar-refractivity contribution >= 4 is 11.9 Å². The summed E-state index contributed by atoms with van der Waals surface area (Å²) in [6, 6.07) is 0. The Balaban J connectivity index is 0. The first-order valence-corrected chi connectivity index (χ1v) is 5.01. The molecule has 0 amide bonds. The number of esters is 2. The van der Waals surface area contributed by atoms with Gasteiger partial charge in [-0.2, -0.15) is 0 Å². The molecule has 0 fully saturated rings. The molecule has 0 bridgehead atoms. The van der Waals surface area contributed by atoms with E-state index in [0.717, 1.165) is 12.8 Å². The Morgan fingerprint density at radius 2 is 1.94 bits per heavy atom. The van der Waals surface area contributed by atoms with Gasteiger partial charge >= 0.3 is 11.9 Å². The zero-order chi connectivity index (χ0) is 13.0. The molecule has 0 rings (SSSR count). The van der Waals surface area contributed by atoms with Gasteiger partial charge in [0.05, 0.1) is 13.7 Å². The van der Waals surface area contributed by atoms with E-state index in [1.807, 2.05) is 6.92 Å². The molecule has 0 saturated heterocycles. The van der Waals surface area contributed by atoms with Crippen LogP contribution in [0.2, 0.25) is 0 Å². The molecule has 6 nitrogen and oxygen atoms in total. The van der Waals surface area contributed by atoms with Crippen molar-refractivity contribution in [1.29, 1.82) is 0 Å². The van der Waals surface area contributed by atoms with Crippen LogP contribution in [0.3, 0.4) is 0 Å². The third-order valence-corrected chi connectivity index (χ3v) is 1.43. The van der Waals surface area contributed by atoms with Crippen molar-refractivity contribution < 1.29 is 29.3 Å². The number of aliphatic hydroxyl groups is 2. The fraction of sp³-hybridized carbons (Fsp3) is 0.800. The Morgan fingerprint density at radius 3 is 2.19 bits per heavy atom. The second-order valence-corrected chi connectivity index (χ2v) is 2.93. The molecule has 0 spiro atoms. The van der Waals surface area contributed by atoms with Gasteiger partial charge in [0, 0.05) is 0 Å². The lowest BCUT2D eigenvalue weighted by molar-refractivity contribution is -0.149. The zero-order valence-corrected chi connectivity index (χ0v) is 9.93. The number of aliphatic hydroxyl groups excluding tert-OH is 2. The third kappa shape index (κ3) is 12.9. The van der Waals surface area contributed by atoms with Crippen LogP contribution >= 0.6 is 0 Å². The van der Waals surface area contributed by atoms with E-state index < -0.39 is 24.6 Å². The van der Waals surface area contributed by atoms with Crippen molar-refractivity contribution in [2.24, 2.45) is 0 Å². The Kier molecular flexibility index (Phi) is 12.9. The molecule has 16 heavy (non-hydrogen) atoms. The molecule has 0 aliphatic heterocycles. The first-order valence-electron chi connectivity index (χ1n) is 5.01. The van der Waals surface area contributed by atoms with E-state index >= 15 is 0 Å². The quantitative estimate of drug-likeness (QED) is 0.510. The van der Waals surface area contributed by atoms with Gasteiger partial charge in [0.25, 0.3) is 0 Å². The Bertz CT molecular complexity index is 190. The predicted molar refractivity (Wildman–Crippen MR) is 56.6 cm³/mol. The number of rotatable bonds is 5. The number of methoxy groups -OCH3 is 1. The van der Waals surface area contributed by atoms with Crippen LogP contribution in [0, 0.1) is 0 Å². The SMILES string of the molecule is CCCCOC(=O)CO.COC(=O)C(C)O. The average Bonchev–Trinajstić information content (AvgIpc) is 2.28. The molecule has 0 radical (unpaired) electrons. The van der Waals surface area contributed by atoms with E-state index in [-0.39, 0.29) is 0 Å². The van der Waals surface area contributed by atoms with Crippen LogP contribution in [-0.2, 0) is 19.1 Å². The molecule has 96 valence electrons. The Labute approximate surface area is 95.2 Å². The van der Waals surface area contributed by atoms with E-state index in [2.05, 4.69) is 9.47 Å². The van der Waals surface area contributed by atoms with Crippen molar-refractivity contribution in [2.45, 2.75) is 32.8 Å². The van der Waals surface area contributed by atoms with Gasteiger partial charge in [-0.05, 0) is 13.3 Å². The molecule has 2 N–H and O–H groups in total. The molecule has 0 aliphatic rings. The monoisotopic (exact) mass is 236 g/mol. The minimum absolute atomic E-state index is 0.426. The van der Waals surface area contributed by atoms with Crippen molar-refractivity contribution in [1.82, 2.24) is 0 Å². The third-order valence-electron chi connectivity index (χ3n) is 1.43. The van der Waals surface area contributed by atoms with Crippen LogP contribution < -0.4 is 0 Å². The first-order chi connectivity index (χ1) is 7.49. The smallest absolute Gasteiger partial charge is 0.334 e. The minimum Gasteiger partial charge on any atom is -0.467 e. The highest BCUT2D eigenvalue weighted by Gasteiger charge is 2.05. The predicted octanol–water partition coefficient (Wildman–Crippen LogP) is -0.138. The molecule has 0 saturated carbocycles. The lowest BCUT2D eigenvalue weighted by atomic mass is 10.4. The van der Waals surface area contributed by atoms with Crippen LogP contribution in [0.15, 0.2) is 0 Å². The van der Waals surface area contributed by atoms with Crippen molar-refractivity contribution in [3.63, 3.8) is 0 Å². The lowest BCUT2D eigenvalue weighted by Gasteiger charge is -1.98. The molecular weight excluding hydrogens is 216 g/mol. The number of hydrogen-bond donors (Lipinski definition) is 2. The van der Waals surface area contributed by atoms with Crippen LogP contribution in [0.5, 0.6) is 0 Å². The fourth-order valence-corrected chi connectivity index (χ4v) is 0.547. The average molecular weight is 236 g/mol. The largest absolute Gasteiger partial charge is 0.467 e. The second kappa shape index (κ2) is 11.9. The molecule has 1 unspecified atom stereocenters. The molecule has 6 heteroatoms. The lowest BCUT2D eigenvalue weighted by Crippen LogP contribution is -2.16. The molecule has 0 aromatic rings. The molecular formula is C10H20O6. The first kappa shape index (κ1) is 17.3. The molecule has 0 aliphatic carbocycles. The molecule has 0 aromatic carbocycles. The number of hydrogen-bond acceptors (Lipinski definition) is 6. The van der Waals surface area contributed by atoms with Crippen molar-refractivity contribution in [3.05, 3.63) is 0 Å². The summed E-state index contributed by atoms with van der Waals surface area (Å²) in [4.78, 5) is 20.3. The topological polar surface area (TPSA) is 93.1 Å². The zero-order valence-electron chi connectivity index (χ0n) is 9.93. The second-order valence-electron chi connectivity index (χ2n) is 2.93. The maximum Gasteiger partial charge on any atom is 0.334 e. The maximum atomic E-state index is 10.2. The summed E-state index contributed by atoms with van der Waals surface area (Å²) in [5.74, 6) is -1.14. The summed E-state index contributed by atoms with van der Waals surface area (Å²) in [6.45, 7) is 3.28. The fourth-order valence-electron chi connectivity index (χ4n) is 0.547. The highest BCUT2D eigenvalue weighted by atomic mass is 16.5. The standard InChI is InChI=1S/C6H12O3.C4H8O3/c1-2-3-4-9-6(8)5-7;1-3(5)4(6)7-2/h7H,2-5H2,1H3;3,5H,1-2H3. The summed E-state index contributed by atoms with van der Waals surface area (Å²) in [6.07, 6.45) is 0.870. The normalized spacial score (nSPS) is 10.8. The highest BCUT2D eigenvalue weighted by Crippen LogP contribution is 1.87. The van der Waals surface area contributed by atoms with Gasteiger partial charge in [-0.1, -0.05) is 13.3 Å². The van der Waals surface area contributed by atoms with E-state index in [1.54, 1.807) is 0 Å². The van der Waals surface area contributed by atoms with Crippen molar-refractivity contribution in [3.8, 4) is 0 Å². The minimum atomic E-state index is -0.995. The van der Waals surface area contributed by atoms with E-state index in [9.17, 15) is 9.59 Å². The van der Waals surface area contributed by atoms with E-state index in [0.29, 0.717) is 6.61 Å². The van der Waals surface area contributed by atoms with Gasteiger partial charge in [0.15, 0.2) is 0 Å². The molecule has 0 aromatic heterocycles. The summed E-state index contributed by atoms with van der Waals surface area (Å²) in [5.41, 5.74) is 0. The van der Waals surface area contributed by atoms with Gasteiger partial charge in [-0.15, -0.1) is 0 Å². The summed E-state index contributed by atoms with van der Waals surface area (Å²) >= 11 is 0. The van der Waals surface area contributed by atoms with Crippen molar-refractivity contribution in [2.75, 3.05) is 20.3 Å². The molecule has 1 atom stereocenters. The van der Waals surface area contributed by atoms with Gasteiger partial charge in [-0.3, -0.25) is 0 Å². The summed E-state index contributed by atoms with van der Waals surface area (Å²) in [7, 11) is 1.23. The van der Waals surface area contributed by atoms with E-state index in [4.69, 9.17) is 10.2 Å². The summed E-state index contributed by atoms with van der Waals surface area (Å²) < 4.78 is 8.67. The Hall–Kier alpha value is -1.14. The van der Waals surface area contributed by atoms with Gasteiger partial charge in [0.2, 0.25) is 0 Å². The number of carbonyl (C=O) groups excluding carboxylic acids is 2. The summed E-state index contributed by atoms with van der Waals surface area (Å²) in [5, 5.41) is 16.5. The van der Waals surface area contributed by atoms with Gasteiger partial charge in [-0.25, -0.2) is 9.59 Å². The van der Waals surface area contributed by atoms with Gasteiger partial charge in [0.1, 0.15) is 12.7 Å². The van der Waals surface area contributed by atoms with Crippen LogP contribution in [0.1, 0.15) is 26.7 Å². The van der Waals surface area contributed by atoms with E-state index in [1.165, 1.54) is 14.0 Å². The number of carbonyl (C=O) groups is 2. The molecule has 0 heterocycles. The number of ether oxygens (including phenoxy) is 2. The van der Waals surface area contributed by atoms with Gasteiger partial charge < -0.3 is 19.7 Å². The van der Waals surface area contributed by atoms with Crippen LogP contribution in [0.25, 0.3) is 0 Å². The maximum absolute atomic E-state index is 10.2. The Morgan fingerprint density at radius 1 is 1.38 bits per heavy atom. The highest BCUT2D eigenvalue weighted by molar-refractivity contribution is 5.73. The number of unbranched alkanes of at least 4 members (excludes halogenated alkanes) is 1.